The van der Waals surface area contributed by atoms with Gasteiger partial charge in [-0.3, -0.25) is 0 Å². The molecule has 0 aliphatic rings. The summed E-state index contributed by atoms with van der Waals surface area (Å²) < 4.78 is 5.66. The Bertz CT molecular complexity index is 612. The second kappa shape index (κ2) is 5.94. The number of aromatic hydroxyl groups is 1. The molecule has 3 nitrogen and oxygen atoms in total. The van der Waals surface area contributed by atoms with Gasteiger partial charge in [0.25, 0.3) is 0 Å². The van der Waals surface area contributed by atoms with E-state index in [4.69, 9.17) is 16.3 Å². The van der Waals surface area contributed by atoms with Crippen LogP contribution < -0.4 is 4.74 Å². The molecule has 0 aliphatic heterocycles. The zero-order chi connectivity index (χ0) is 13.7. The van der Waals surface area contributed by atoms with E-state index in [1.165, 1.54) is 6.07 Å². The molecule has 0 atom stereocenters. The van der Waals surface area contributed by atoms with Crippen LogP contribution in [-0.4, -0.2) is 16.8 Å². The van der Waals surface area contributed by atoms with E-state index in [1.54, 1.807) is 18.2 Å². The standard InChI is InChI=1S/C16H14O3/c1-2-12-7-8-16(14(18)11-12)19-15-6-4-3-5-13(15)9-10-17/h1,3-8,11,17-18H,9-10H2. The molecule has 0 aliphatic carbocycles. The molecule has 2 N–H and O–H groups in total. The first-order chi connectivity index (χ1) is 9.24. The number of benzene rings is 2. The molecular formula is C16H14O3. The summed E-state index contributed by atoms with van der Waals surface area (Å²) in [6.07, 6.45) is 5.75. The quantitative estimate of drug-likeness (QED) is 0.825. The van der Waals surface area contributed by atoms with Gasteiger partial charge in [-0.25, -0.2) is 0 Å². The van der Waals surface area contributed by atoms with Crippen molar-refractivity contribution in [3.8, 4) is 29.6 Å². The average molecular weight is 254 g/mol. The smallest absolute Gasteiger partial charge is 0.169 e. The number of aliphatic hydroxyl groups is 1. The minimum Gasteiger partial charge on any atom is -0.504 e. The highest BCUT2D eigenvalue weighted by Crippen LogP contribution is 2.32. The summed E-state index contributed by atoms with van der Waals surface area (Å²) in [5.74, 6) is 3.39. The SMILES string of the molecule is C#Cc1ccc(Oc2ccccc2CCO)c(O)c1. The van der Waals surface area contributed by atoms with Crippen LogP contribution in [0.1, 0.15) is 11.1 Å². The first-order valence-electron chi connectivity index (χ1n) is 5.91. The first-order valence-corrected chi connectivity index (χ1v) is 5.91. The molecule has 0 amide bonds. The van der Waals surface area contributed by atoms with Gasteiger partial charge < -0.3 is 14.9 Å². The maximum absolute atomic E-state index is 9.83. The van der Waals surface area contributed by atoms with E-state index in [-0.39, 0.29) is 12.4 Å². The Hall–Kier alpha value is -2.44. The minimum atomic E-state index is -0.00532. The molecule has 0 heterocycles. The van der Waals surface area contributed by atoms with Gasteiger partial charge >= 0.3 is 0 Å². The second-order valence-electron chi connectivity index (χ2n) is 4.01. The summed E-state index contributed by atoms with van der Waals surface area (Å²) in [6, 6.07) is 12.2. The van der Waals surface area contributed by atoms with Gasteiger partial charge in [0.1, 0.15) is 5.75 Å². The minimum absolute atomic E-state index is 0.00532. The Balaban J connectivity index is 2.29. The summed E-state index contributed by atoms with van der Waals surface area (Å²) in [5, 5.41) is 18.8. The molecule has 2 aromatic rings. The third-order valence-electron chi connectivity index (χ3n) is 2.70. The molecular weight excluding hydrogens is 240 g/mol. The van der Waals surface area contributed by atoms with Crippen LogP contribution in [0.5, 0.6) is 17.2 Å². The third-order valence-corrected chi connectivity index (χ3v) is 2.70. The number of aliphatic hydroxyl groups excluding tert-OH is 1. The number of hydrogen-bond donors (Lipinski definition) is 2. The number of para-hydroxylation sites is 1. The van der Waals surface area contributed by atoms with Crippen molar-refractivity contribution in [1.29, 1.82) is 0 Å². The van der Waals surface area contributed by atoms with Crippen molar-refractivity contribution in [2.45, 2.75) is 6.42 Å². The average Bonchev–Trinajstić information content (AvgIpc) is 2.43. The lowest BCUT2D eigenvalue weighted by Crippen LogP contribution is -1.95. The second-order valence-corrected chi connectivity index (χ2v) is 4.01. The van der Waals surface area contributed by atoms with Gasteiger partial charge in [-0.2, -0.15) is 0 Å². The van der Waals surface area contributed by atoms with Crippen LogP contribution in [0.15, 0.2) is 42.5 Å². The fraction of sp³-hybridized carbons (Fsp3) is 0.125. The van der Waals surface area contributed by atoms with Gasteiger partial charge in [-0.05, 0) is 36.2 Å². The van der Waals surface area contributed by atoms with Gasteiger partial charge in [-0.1, -0.05) is 24.1 Å². The monoisotopic (exact) mass is 254 g/mol. The van der Waals surface area contributed by atoms with Crippen LogP contribution in [-0.2, 0) is 6.42 Å². The fourth-order valence-corrected chi connectivity index (χ4v) is 1.74. The molecule has 0 saturated carbocycles. The number of rotatable bonds is 4. The van der Waals surface area contributed by atoms with Crippen LogP contribution >= 0.6 is 0 Å². The number of phenolic OH excluding ortho intramolecular Hbond substituents is 1. The molecule has 19 heavy (non-hydrogen) atoms. The van der Waals surface area contributed by atoms with Gasteiger partial charge in [-0.15, -0.1) is 6.42 Å². The van der Waals surface area contributed by atoms with E-state index in [1.807, 2.05) is 18.2 Å². The van der Waals surface area contributed by atoms with Gasteiger partial charge in [0, 0.05) is 12.2 Å². The lowest BCUT2D eigenvalue weighted by atomic mass is 10.1. The highest BCUT2D eigenvalue weighted by Gasteiger charge is 2.08. The Labute approximate surface area is 112 Å². The summed E-state index contributed by atoms with van der Waals surface area (Å²) >= 11 is 0. The van der Waals surface area contributed by atoms with Crippen LogP contribution in [0.2, 0.25) is 0 Å². The van der Waals surface area contributed by atoms with Gasteiger partial charge in [0.05, 0.1) is 0 Å². The van der Waals surface area contributed by atoms with Crippen LogP contribution in [0.25, 0.3) is 0 Å². The lowest BCUT2D eigenvalue weighted by molar-refractivity contribution is 0.297. The molecule has 2 rings (SSSR count). The Kier molecular flexibility index (Phi) is 4.07. The number of terminal acetylenes is 1. The largest absolute Gasteiger partial charge is 0.504 e. The molecule has 2 aromatic carbocycles. The normalized spacial score (nSPS) is 9.89. The van der Waals surface area contributed by atoms with Crippen LogP contribution in [0.4, 0.5) is 0 Å². The maximum atomic E-state index is 9.83. The number of phenols is 1. The maximum Gasteiger partial charge on any atom is 0.169 e. The molecule has 0 saturated heterocycles. The Morgan fingerprint density at radius 3 is 2.58 bits per heavy atom. The first kappa shape index (κ1) is 13.0. The summed E-state index contributed by atoms with van der Waals surface area (Å²) in [5.41, 5.74) is 1.47. The highest BCUT2D eigenvalue weighted by molar-refractivity contribution is 5.49. The number of hydrogen-bond acceptors (Lipinski definition) is 3. The van der Waals surface area contributed by atoms with Crippen molar-refractivity contribution in [3.05, 3.63) is 53.6 Å². The summed E-state index contributed by atoms with van der Waals surface area (Å²) in [6.45, 7) is 0.0440. The van der Waals surface area contributed by atoms with Crippen molar-refractivity contribution >= 4 is 0 Å². The third kappa shape index (κ3) is 3.06. The van der Waals surface area contributed by atoms with E-state index < -0.39 is 0 Å². The predicted octanol–water partition coefficient (Wildman–Crippen LogP) is 2.70. The van der Waals surface area contributed by atoms with Gasteiger partial charge in [0.15, 0.2) is 11.5 Å². The van der Waals surface area contributed by atoms with E-state index in [2.05, 4.69) is 5.92 Å². The molecule has 0 radical (unpaired) electrons. The van der Waals surface area contributed by atoms with Crippen LogP contribution in [0, 0.1) is 12.3 Å². The molecule has 0 bridgehead atoms. The zero-order valence-corrected chi connectivity index (χ0v) is 10.3. The Morgan fingerprint density at radius 1 is 1.11 bits per heavy atom. The zero-order valence-electron chi connectivity index (χ0n) is 10.3. The van der Waals surface area contributed by atoms with Crippen molar-refractivity contribution in [3.63, 3.8) is 0 Å². The lowest BCUT2D eigenvalue weighted by Gasteiger charge is -2.11. The van der Waals surface area contributed by atoms with E-state index >= 15 is 0 Å². The van der Waals surface area contributed by atoms with Gasteiger partial charge in [0.2, 0.25) is 0 Å². The molecule has 0 unspecified atom stereocenters. The molecule has 3 heteroatoms. The van der Waals surface area contributed by atoms with Crippen molar-refractivity contribution < 1.29 is 14.9 Å². The molecule has 0 fully saturated rings. The van der Waals surface area contributed by atoms with E-state index in [9.17, 15) is 5.11 Å². The summed E-state index contributed by atoms with van der Waals surface area (Å²) in [7, 11) is 0. The van der Waals surface area contributed by atoms with E-state index in [0.29, 0.717) is 23.5 Å². The van der Waals surface area contributed by atoms with E-state index in [0.717, 1.165) is 5.56 Å². The Morgan fingerprint density at radius 2 is 1.89 bits per heavy atom. The molecule has 0 spiro atoms. The highest BCUT2D eigenvalue weighted by atomic mass is 16.5. The van der Waals surface area contributed by atoms with Crippen molar-refractivity contribution in [1.82, 2.24) is 0 Å². The fourth-order valence-electron chi connectivity index (χ4n) is 1.74. The van der Waals surface area contributed by atoms with Crippen LogP contribution in [0.3, 0.4) is 0 Å². The summed E-state index contributed by atoms with van der Waals surface area (Å²) in [4.78, 5) is 0. The topological polar surface area (TPSA) is 49.7 Å². The molecule has 0 aromatic heterocycles. The molecule has 96 valence electrons. The van der Waals surface area contributed by atoms with Crippen molar-refractivity contribution in [2.24, 2.45) is 0 Å². The van der Waals surface area contributed by atoms with Crippen molar-refractivity contribution in [2.75, 3.05) is 6.61 Å². The number of ether oxygens (including phenoxy) is 1. The predicted molar refractivity (Wildman–Crippen MR) is 73.3 cm³/mol.